The average Bonchev–Trinajstić information content (AvgIpc) is 2.80. The molecule has 4 bridgehead atoms. The second-order valence-corrected chi connectivity index (χ2v) is 12.5. The number of hydrogen-bond acceptors (Lipinski definition) is 8. The predicted molar refractivity (Wildman–Crippen MR) is 144 cm³/mol. The van der Waals surface area contributed by atoms with Crippen molar-refractivity contribution in [1.82, 2.24) is 9.97 Å². The van der Waals surface area contributed by atoms with Gasteiger partial charge in [-0.2, -0.15) is 0 Å². The third-order valence-electron chi connectivity index (χ3n) is 5.33. The quantitative estimate of drug-likeness (QED) is 0.392. The van der Waals surface area contributed by atoms with Crippen LogP contribution < -0.4 is 14.8 Å². The highest BCUT2D eigenvalue weighted by molar-refractivity contribution is 7.92. The Hall–Kier alpha value is -3.80. The van der Waals surface area contributed by atoms with Gasteiger partial charge in [-0.15, -0.1) is 4.36 Å². The molecule has 12 heteroatoms. The highest BCUT2D eigenvalue weighted by Crippen LogP contribution is 2.33. The zero-order valence-corrected chi connectivity index (χ0v) is 22.9. The van der Waals surface area contributed by atoms with Crippen LogP contribution in [-0.4, -0.2) is 45.3 Å². The second-order valence-electron chi connectivity index (χ2n) is 10.1. The number of carbonyl (C=O) groups excluding carboxylic acids is 1. The number of aromatic nitrogens is 2. The molecule has 0 spiro atoms. The molecule has 0 saturated carbocycles. The summed E-state index contributed by atoms with van der Waals surface area (Å²) in [6.07, 6.45) is 2.70. The van der Waals surface area contributed by atoms with Gasteiger partial charge in [0.25, 0.3) is 0 Å². The number of carbonyl (C=O) groups is 1. The maximum absolute atomic E-state index is 14.8. The van der Waals surface area contributed by atoms with Crippen molar-refractivity contribution in [2.45, 2.75) is 45.0 Å². The van der Waals surface area contributed by atoms with Crippen LogP contribution in [-0.2, 0) is 20.2 Å². The number of fused-ring (bicyclic) bond motifs is 6. The fraction of sp³-hybridized carbons (Fsp3) is 0.370. The van der Waals surface area contributed by atoms with E-state index >= 15 is 0 Å². The van der Waals surface area contributed by atoms with Gasteiger partial charge in [-0.3, -0.25) is 0 Å². The van der Waals surface area contributed by atoms with Gasteiger partial charge >= 0.3 is 6.09 Å². The number of anilines is 2. The topological polar surface area (TPSA) is 112 Å². The Kier molecular flexibility index (Phi) is 8.34. The largest absolute Gasteiger partial charge is 0.494 e. The molecule has 2 heterocycles. The molecular formula is C27H30F2N4O5S. The first-order chi connectivity index (χ1) is 18.4. The zero-order valence-electron chi connectivity index (χ0n) is 22.1. The minimum absolute atomic E-state index is 0.0551. The minimum Gasteiger partial charge on any atom is -0.494 e. The number of ether oxygens (including phenoxy) is 3. The highest BCUT2D eigenvalue weighted by atomic mass is 32.2. The number of halogens is 2. The summed E-state index contributed by atoms with van der Waals surface area (Å²) < 4.78 is 62.5. The fourth-order valence-corrected chi connectivity index (χ4v) is 5.01. The molecule has 1 aromatic heterocycles. The van der Waals surface area contributed by atoms with Gasteiger partial charge in [-0.05, 0) is 63.4 Å². The second kappa shape index (κ2) is 11.5. The van der Waals surface area contributed by atoms with Crippen LogP contribution in [0.1, 0.15) is 39.2 Å². The summed E-state index contributed by atoms with van der Waals surface area (Å²) >= 11 is 0. The number of hydrogen-bond donors (Lipinski definition) is 1. The van der Waals surface area contributed by atoms with Crippen molar-refractivity contribution in [3.05, 3.63) is 59.8 Å². The lowest BCUT2D eigenvalue weighted by Gasteiger charge is -2.17. The molecule has 1 aliphatic heterocycles. The number of benzene rings is 2. The molecule has 208 valence electrons. The van der Waals surface area contributed by atoms with Crippen molar-refractivity contribution in [1.29, 1.82) is 0 Å². The summed E-state index contributed by atoms with van der Waals surface area (Å²) in [5.74, 6) is -0.559. The van der Waals surface area contributed by atoms with Crippen molar-refractivity contribution in [3.63, 3.8) is 0 Å². The standard InChI is InChI=1S/C27H30F2N4O5S/c1-27(2,3)38-26(34)33-39(4,35)16-17-11-19-14-20(12-17)36-9-5-6-10-37-23-13-18(28)7-8-21(23)24-22(29)15-30-25(31-19)32-24/h7-8,11-15H,5-6,9-10,16H2,1-4H3,(H,30,31,32)/t39-/m0/s1. The van der Waals surface area contributed by atoms with Gasteiger partial charge in [0.15, 0.2) is 5.82 Å². The molecule has 4 rings (SSSR count). The van der Waals surface area contributed by atoms with Crippen LogP contribution in [0, 0.1) is 11.6 Å². The summed E-state index contributed by atoms with van der Waals surface area (Å²) in [6, 6.07) is 8.92. The Morgan fingerprint density at radius 1 is 1.13 bits per heavy atom. The Bertz CT molecular complexity index is 1500. The van der Waals surface area contributed by atoms with Crippen LogP contribution in [0.25, 0.3) is 11.3 Å². The molecule has 1 N–H and O–H groups in total. The maximum atomic E-state index is 14.8. The Balaban J connectivity index is 1.70. The third-order valence-corrected chi connectivity index (χ3v) is 6.73. The lowest BCUT2D eigenvalue weighted by atomic mass is 10.1. The van der Waals surface area contributed by atoms with E-state index in [0.29, 0.717) is 36.4 Å². The van der Waals surface area contributed by atoms with E-state index in [2.05, 4.69) is 19.6 Å². The molecule has 0 unspecified atom stereocenters. The van der Waals surface area contributed by atoms with E-state index in [1.807, 2.05) is 0 Å². The molecule has 2 aromatic carbocycles. The van der Waals surface area contributed by atoms with Crippen molar-refractivity contribution in [2.75, 3.05) is 24.8 Å². The van der Waals surface area contributed by atoms with Crippen LogP contribution >= 0.6 is 0 Å². The predicted octanol–water partition coefficient (Wildman–Crippen LogP) is 6.25. The highest BCUT2D eigenvalue weighted by Gasteiger charge is 2.19. The fourth-order valence-electron chi connectivity index (χ4n) is 3.81. The summed E-state index contributed by atoms with van der Waals surface area (Å²) in [5.41, 5.74) is 0.520. The number of nitrogens with zero attached hydrogens (tertiary/aromatic N) is 3. The van der Waals surface area contributed by atoms with E-state index in [1.165, 1.54) is 24.5 Å². The van der Waals surface area contributed by atoms with E-state index in [4.69, 9.17) is 14.2 Å². The molecule has 1 aliphatic rings. The van der Waals surface area contributed by atoms with E-state index in [1.54, 1.807) is 39.0 Å². The molecule has 0 fully saturated rings. The van der Waals surface area contributed by atoms with Crippen molar-refractivity contribution in [2.24, 2.45) is 4.36 Å². The number of nitrogens with one attached hydrogen (secondary N) is 1. The van der Waals surface area contributed by atoms with E-state index in [9.17, 15) is 17.8 Å². The first-order valence-electron chi connectivity index (χ1n) is 12.3. The van der Waals surface area contributed by atoms with Gasteiger partial charge < -0.3 is 19.5 Å². The Morgan fingerprint density at radius 2 is 1.87 bits per heavy atom. The van der Waals surface area contributed by atoms with Gasteiger partial charge in [0.2, 0.25) is 5.95 Å². The first kappa shape index (κ1) is 28.2. The van der Waals surface area contributed by atoms with Crippen LogP contribution in [0.15, 0.2) is 47.0 Å². The van der Waals surface area contributed by atoms with E-state index < -0.39 is 33.1 Å². The first-order valence-corrected chi connectivity index (χ1v) is 14.4. The molecule has 0 saturated heterocycles. The van der Waals surface area contributed by atoms with Gasteiger partial charge in [0, 0.05) is 29.6 Å². The summed E-state index contributed by atoms with van der Waals surface area (Å²) in [7, 11) is -3.00. The SMILES string of the molecule is CC(C)(C)OC(=O)N=[S@@](C)(=O)Cc1cc2cc(c1)OCCCCOc1cc(F)ccc1-c1nc(ncc1F)N2. The molecule has 1 atom stereocenters. The average molecular weight is 561 g/mol. The third kappa shape index (κ3) is 8.09. The van der Waals surface area contributed by atoms with Crippen LogP contribution in [0.5, 0.6) is 11.5 Å². The van der Waals surface area contributed by atoms with Gasteiger partial charge in [0.05, 0.1) is 34.9 Å². The van der Waals surface area contributed by atoms with Gasteiger partial charge in [-0.25, -0.2) is 27.8 Å². The minimum atomic E-state index is -3.00. The van der Waals surface area contributed by atoms with E-state index in [-0.39, 0.29) is 35.3 Å². The number of rotatable bonds is 2. The van der Waals surface area contributed by atoms with Gasteiger partial charge in [0.1, 0.15) is 28.6 Å². The summed E-state index contributed by atoms with van der Waals surface area (Å²) in [5, 5.41) is 3.02. The molecule has 0 radical (unpaired) electrons. The van der Waals surface area contributed by atoms with Crippen LogP contribution in [0.2, 0.25) is 0 Å². The van der Waals surface area contributed by atoms with E-state index in [0.717, 1.165) is 6.20 Å². The smallest absolute Gasteiger partial charge is 0.442 e. The lowest BCUT2D eigenvalue weighted by Crippen LogP contribution is -2.22. The molecular weight excluding hydrogens is 530 g/mol. The monoisotopic (exact) mass is 560 g/mol. The van der Waals surface area contributed by atoms with Crippen LogP contribution in [0.4, 0.5) is 25.2 Å². The van der Waals surface area contributed by atoms with Crippen molar-refractivity contribution < 1.29 is 32.0 Å². The Morgan fingerprint density at radius 3 is 2.62 bits per heavy atom. The number of amides is 1. The van der Waals surface area contributed by atoms with Crippen LogP contribution in [0.3, 0.4) is 0 Å². The van der Waals surface area contributed by atoms with Crippen molar-refractivity contribution in [3.8, 4) is 22.8 Å². The molecule has 1 amide bonds. The molecule has 9 nitrogen and oxygen atoms in total. The lowest BCUT2D eigenvalue weighted by molar-refractivity contribution is 0.0607. The van der Waals surface area contributed by atoms with Gasteiger partial charge in [-0.1, -0.05) is 0 Å². The molecule has 0 aliphatic carbocycles. The zero-order chi connectivity index (χ0) is 28.2. The van der Waals surface area contributed by atoms with Crippen molar-refractivity contribution >= 4 is 27.5 Å². The summed E-state index contributed by atoms with van der Waals surface area (Å²) in [6.45, 7) is 5.70. The molecule has 3 aromatic rings. The molecule has 39 heavy (non-hydrogen) atoms. The maximum Gasteiger partial charge on any atom is 0.442 e. The Labute approximate surface area is 226 Å². The normalized spacial score (nSPS) is 15.1. The summed E-state index contributed by atoms with van der Waals surface area (Å²) in [4.78, 5) is 20.5.